The first-order chi connectivity index (χ1) is 11.5. The van der Waals surface area contributed by atoms with E-state index in [4.69, 9.17) is 15.2 Å². The van der Waals surface area contributed by atoms with E-state index >= 15 is 0 Å². The average molecular weight is 327 g/mol. The Morgan fingerprint density at radius 3 is 2.42 bits per heavy atom. The van der Waals surface area contributed by atoms with Gasteiger partial charge in [-0.25, -0.2) is 4.79 Å². The lowest BCUT2D eigenvalue weighted by atomic mass is 10.2. The molecule has 7 nitrogen and oxygen atoms in total. The number of carbonyl (C=O) groups excluding carboxylic acids is 2. The molecule has 0 aromatic heterocycles. The van der Waals surface area contributed by atoms with Crippen molar-refractivity contribution in [2.45, 2.75) is 13.8 Å². The quantitative estimate of drug-likeness (QED) is 0.389. The van der Waals surface area contributed by atoms with Crippen LogP contribution < -0.4 is 10.5 Å². The van der Waals surface area contributed by atoms with E-state index in [0.717, 1.165) is 0 Å². The van der Waals surface area contributed by atoms with Gasteiger partial charge < -0.3 is 15.2 Å². The lowest BCUT2D eigenvalue weighted by Crippen LogP contribution is -2.03. The Balaban J connectivity index is 2.19. The highest BCUT2D eigenvalue weighted by Gasteiger charge is 2.07. The fourth-order valence-electron chi connectivity index (χ4n) is 1.84. The summed E-state index contributed by atoms with van der Waals surface area (Å²) >= 11 is 0. The lowest BCUT2D eigenvalue weighted by Gasteiger charge is -2.05. The molecule has 0 saturated carbocycles. The maximum Gasteiger partial charge on any atom is 0.338 e. The Labute approximate surface area is 139 Å². The topological polar surface area (TPSA) is 103 Å². The number of nitrogen functional groups attached to an aromatic ring is 1. The molecular formula is C17H17N3O4. The van der Waals surface area contributed by atoms with Gasteiger partial charge in [-0.15, -0.1) is 5.11 Å². The van der Waals surface area contributed by atoms with E-state index in [1.54, 1.807) is 43.3 Å². The number of nitrogens with zero attached hydrogens (tertiary/aromatic N) is 2. The van der Waals surface area contributed by atoms with Gasteiger partial charge in [-0.3, -0.25) is 4.79 Å². The van der Waals surface area contributed by atoms with E-state index in [1.807, 2.05) is 0 Å². The molecule has 0 heterocycles. The number of hydrogen-bond donors (Lipinski definition) is 1. The Bertz CT molecular complexity index is 770. The molecule has 0 aliphatic heterocycles. The predicted molar refractivity (Wildman–Crippen MR) is 88.7 cm³/mol. The van der Waals surface area contributed by atoms with E-state index in [0.29, 0.717) is 29.2 Å². The molecule has 0 spiro atoms. The molecule has 2 rings (SSSR count). The van der Waals surface area contributed by atoms with Gasteiger partial charge in [0.05, 0.1) is 17.9 Å². The van der Waals surface area contributed by atoms with Crippen molar-refractivity contribution in [3.8, 4) is 5.75 Å². The molecule has 0 atom stereocenters. The van der Waals surface area contributed by atoms with Crippen molar-refractivity contribution in [1.29, 1.82) is 0 Å². The van der Waals surface area contributed by atoms with E-state index in [1.165, 1.54) is 13.0 Å². The van der Waals surface area contributed by atoms with Gasteiger partial charge in [-0.2, -0.15) is 5.11 Å². The monoisotopic (exact) mass is 327 g/mol. The van der Waals surface area contributed by atoms with Crippen LogP contribution in [0, 0.1) is 0 Å². The van der Waals surface area contributed by atoms with Gasteiger partial charge in [-0.1, -0.05) is 0 Å². The Kier molecular flexibility index (Phi) is 5.62. The summed E-state index contributed by atoms with van der Waals surface area (Å²) < 4.78 is 9.97. The number of benzene rings is 2. The maximum atomic E-state index is 11.6. The molecule has 0 aliphatic rings. The minimum absolute atomic E-state index is 0.231. The van der Waals surface area contributed by atoms with E-state index in [-0.39, 0.29) is 5.75 Å². The van der Waals surface area contributed by atoms with Gasteiger partial charge in [0.2, 0.25) is 0 Å². The summed E-state index contributed by atoms with van der Waals surface area (Å²) in [5.74, 6) is -0.637. The molecule has 0 fully saturated rings. The van der Waals surface area contributed by atoms with Crippen LogP contribution in [0.2, 0.25) is 0 Å². The lowest BCUT2D eigenvalue weighted by molar-refractivity contribution is -0.131. The zero-order valence-electron chi connectivity index (χ0n) is 13.4. The van der Waals surface area contributed by atoms with Crippen LogP contribution in [-0.4, -0.2) is 18.5 Å². The average Bonchev–Trinajstić information content (AvgIpc) is 2.54. The molecular weight excluding hydrogens is 310 g/mol. The summed E-state index contributed by atoms with van der Waals surface area (Å²) in [5.41, 5.74) is 7.46. The maximum absolute atomic E-state index is 11.6. The number of carbonyl (C=O) groups is 2. The molecule has 0 bridgehead atoms. The Hall–Kier alpha value is -3.22. The number of rotatable bonds is 5. The predicted octanol–water partition coefficient (Wildman–Crippen LogP) is 3.79. The van der Waals surface area contributed by atoms with Crippen LogP contribution in [0.4, 0.5) is 17.1 Å². The molecule has 0 saturated heterocycles. The summed E-state index contributed by atoms with van der Waals surface area (Å²) in [6.45, 7) is 3.35. The van der Waals surface area contributed by atoms with Gasteiger partial charge in [0.1, 0.15) is 5.69 Å². The van der Waals surface area contributed by atoms with E-state index < -0.39 is 11.9 Å². The third kappa shape index (κ3) is 4.64. The van der Waals surface area contributed by atoms with Crippen molar-refractivity contribution in [1.82, 2.24) is 0 Å². The molecule has 0 amide bonds. The zero-order chi connectivity index (χ0) is 17.5. The minimum Gasteiger partial charge on any atom is -0.462 e. The van der Waals surface area contributed by atoms with E-state index in [9.17, 15) is 9.59 Å². The van der Waals surface area contributed by atoms with Gasteiger partial charge >= 0.3 is 11.9 Å². The molecule has 24 heavy (non-hydrogen) atoms. The second-order valence-electron chi connectivity index (χ2n) is 4.79. The third-order valence-electron chi connectivity index (χ3n) is 2.89. The molecule has 2 aromatic rings. The zero-order valence-corrected chi connectivity index (χ0v) is 13.4. The van der Waals surface area contributed by atoms with E-state index in [2.05, 4.69) is 10.2 Å². The van der Waals surface area contributed by atoms with Crippen molar-refractivity contribution in [2.24, 2.45) is 10.2 Å². The summed E-state index contributed by atoms with van der Waals surface area (Å²) in [6.07, 6.45) is 0. The third-order valence-corrected chi connectivity index (χ3v) is 2.89. The van der Waals surface area contributed by atoms with Crippen LogP contribution in [0.15, 0.2) is 52.7 Å². The molecule has 0 unspecified atom stereocenters. The highest BCUT2D eigenvalue weighted by atomic mass is 16.5. The van der Waals surface area contributed by atoms with Gasteiger partial charge in [0.25, 0.3) is 0 Å². The molecule has 2 N–H and O–H groups in total. The second-order valence-corrected chi connectivity index (χ2v) is 4.79. The Morgan fingerprint density at radius 2 is 1.79 bits per heavy atom. The fraction of sp³-hybridized carbons (Fsp3) is 0.176. The van der Waals surface area contributed by atoms with Crippen LogP contribution >= 0.6 is 0 Å². The van der Waals surface area contributed by atoms with Crippen LogP contribution in [0.3, 0.4) is 0 Å². The normalized spacial score (nSPS) is 10.6. The number of ether oxygens (including phenoxy) is 2. The SMILES string of the molecule is CCOC(=O)c1ccc(N=Nc2ccc(N)cc2OC(C)=O)cc1. The largest absolute Gasteiger partial charge is 0.462 e. The molecule has 0 radical (unpaired) electrons. The van der Waals surface area contributed by atoms with Gasteiger partial charge in [0, 0.05) is 18.7 Å². The summed E-state index contributed by atoms with van der Waals surface area (Å²) in [6, 6.07) is 11.2. The van der Waals surface area contributed by atoms with Crippen LogP contribution in [-0.2, 0) is 9.53 Å². The fourth-order valence-corrected chi connectivity index (χ4v) is 1.84. The van der Waals surface area contributed by atoms with Crippen LogP contribution in [0.5, 0.6) is 5.75 Å². The summed E-state index contributed by atoms with van der Waals surface area (Å²) in [4.78, 5) is 22.7. The molecule has 124 valence electrons. The molecule has 0 aliphatic carbocycles. The number of anilines is 1. The minimum atomic E-state index is -0.476. The second kappa shape index (κ2) is 7.87. The van der Waals surface area contributed by atoms with Crippen molar-refractivity contribution < 1.29 is 19.1 Å². The number of hydrogen-bond acceptors (Lipinski definition) is 7. The summed E-state index contributed by atoms with van der Waals surface area (Å²) in [7, 11) is 0. The van der Waals surface area contributed by atoms with Crippen molar-refractivity contribution in [3.05, 3.63) is 48.0 Å². The van der Waals surface area contributed by atoms with Gasteiger partial charge in [-0.05, 0) is 43.3 Å². The first-order valence-corrected chi connectivity index (χ1v) is 7.26. The van der Waals surface area contributed by atoms with Crippen LogP contribution in [0.1, 0.15) is 24.2 Å². The number of nitrogens with two attached hydrogens (primary N) is 1. The highest BCUT2D eigenvalue weighted by Crippen LogP contribution is 2.31. The summed E-state index contributed by atoms with van der Waals surface area (Å²) in [5, 5.41) is 8.12. The first kappa shape index (κ1) is 17.1. The molecule has 7 heteroatoms. The van der Waals surface area contributed by atoms with Crippen molar-refractivity contribution >= 4 is 29.0 Å². The first-order valence-electron chi connectivity index (χ1n) is 7.26. The van der Waals surface area contributed by atoms with Crippen LogP contribution in [0.25, 0.3) is 0 Å². The standard InChI is InChI=1S/C17H17N3O4/c1-3-23-17(22)12-4-7-14(8-5-12)19-20-15-9-6-13(18)10-16(15)24-11(2)21/h4-10H,3,18H2,1-2H3. The smallest absolute Gasteiger partial charge is 0.338 e. The van der Waals surface area contributed by atoms with Gasteiger partial charge in [0.15, 0.2) is 5.75 Å². The highest BCUT2D eigenvalue weighted by molar-refractivity contribution is 5.89. The Morgan fingerprint density at radius 1 is 1.08 bits per heavy atom. The number of azo groups is 1. The number of esters is 2. The van der Waals surface area contributed by atoms with Crippen molar-refractivity contribution in [2.75, 3.05) is 12.3 Å². The van der Waals surface area contributed by atoms with Crippen molar-refractivity contribution in [3.63, 3.8) is 0 Å². The molecule has 2 aromatic carbocycles.